The molecule has 0 unspecified atom stereocenters. The van der Waals surface area contributed by atoms with Crippen molar-refractivity contribution in [2.24, 2.45) is 0 Å². The molecule has 0 atom stereocenters. The number of halogens is 2. The number of anilines is 1. The Morgan fingerprint density at radius 3 is 2.58 bits per heavy atom. The fraction of sp³-hybridized carbons (Fsp3) is 0.0417. The minimum Gasteiger partial charge on any atom is -0.436 e. The first-order valence-corrected chi connectivity index (χ1v) is 10.5. The lowest BCUT2D eigenvalue weighted by molar-refractivity contribution is 0.102. The van der Waals surface area contributed by atoms with Crippen molar-refractivity contribution in [2.45, 2.75) is 6.92 Å². The summed E-state index contributed by atoms with van der Waals surface area (Å²) < 4.78 is 35.8. The highest BCUT2D eigenvalue weighted by Gasteiger charge is 2.17. The Kier molecular flexibility index (Phi) is 5.60. The van der Waals surface area contributed by atoms with E-state index in [1.54, 1.807) is 19.1 Å². The van der Waals surface area contributed by atoms with Crippen molar-refractivity contribution in [1.82, 2.24) is 24.1 Å². The summed E-state index contributed by atoms with van der Waals surface area (Å²) in [5.74, 6) is -2.11. The van der Waals surface area contributed by atoms with Crippen LogP contribution < -0.4 is 21.3 Å². The van der Waals surface area contributed by atoms with E-state index < -0.39 is 34.4 Å². The second-order valence-electron chi connectivity index (χ2n) is 7.66. The number of rotatable bonds is 5. The van der Waals surface area contributed by atoms with E-state index in [1.165, 1.54) is 35.0 Å². The lowest BCUT2D eigenvalue weighted by atomic mass is 10.2. The van der Waals surface area contributed by atoms with Gasteiger partial charge in [0.05, 0.1) is 11.9 Å². The molecule has 36 heavy (non-hydrogen) atoms. The molecule has 180 valence electrons. The van der Waals surface area contributed by atoms with Gasteiger partial charge in [-0.25, -0.2) is 23.1 Å². The molecule has 5 aromatic rings. The lowest BCUT2D eigenvalue weighted by Crippen LogP contribution is -2.38. The zero-order valence-electron chi connectivity index (χ0n) is 18.5. The third-order valence-electron chi connectivity index (χ3n) is 5.17. The van der Waals surface area contributed by atoms with Crippen LogP contribution in [-0.4, -0.2) is 30.1 Å². The summed E-state index contributed by atoms with van der Waals surface area (Å²) in [4.78, 5) is 44.3. The Hall–Kier alpha value is -5.13. The zero-order valence-corrected chi connectivity index (χ0v) is 18.5. The number of hydrogen-bond acceptors (Lipinski definition) is 6. The molecule has 12 heteroatoms. The van der Waals surface area contributed by atoms with Crippen molar-refractivity contribution < 1.29 is 18.3 Å². The third-order valence-corrected chi connectivity index (χ3v) is 5.17. The van der Waals surface area contributed by atoms with Crippen LogP contribution in [-0.2, 0) is 0 Å². The van der Waals surface area contributed by atoms with E-state index in [0.29, 0.717) is 15.9 Å². The van der Waals surface area contributed by atoms with Gasteiger partial charge in [-0.15, -0.1) is 0 Å². The molecule has 1 amide bonds. The number of benzene rings is 2. The standard InChI is InChI=1S/C24H16F2N6O4/c1-13-10-21(32-20(29-13)8-9-28-32)36-19-7-4-15(11-18(19)26)30-22(33)17-12-27-24(35)31(23(17)34)16-5-2-14(25)3-6-16/h2-12H,1H3,(H,27,35)(H,30,33). The maximum absolute atomic E-state index is 14.8. The van der Waals surface area contributed by atoms with E-state index >= 15 is 0 Å². The highest BCUT2D eigenvalue weighted by molar-refractivity contribution is 6.03. The average molecular weight is 490 g/mol. The molecule has 0 aliphatic heterocycles. The van der Waals surface area contributed by atoms with Gasteiger partial charge < -0.3 is 15.0 Å². The highest BCUT2D eigenvalue weighted by atomic mass is 19.1. The lowest BCUT2D eigenvalue weighted by Gasteiger charge is -2.11. The third kappa shape index (κ3) is 4.22. The second-order valence-corrected chi connectivity index (χ2v) is 7.66. The zero-order chi connectivity index (χ0) is 25.4. The summed E-state index contributed by atoms with van der Waals surface area (Å²) in [5.41, 5.74) is -0.863. The number of aromatic amines is 1. The number of fused-ring (bicyclic) bond motifs is 1. The Morgan fingerprint density at radius 2 is 1.83 bits per heavy atom. The summed E-state index contributed by atoms with van der Waals surface area (Å²) in [5, 5.41) is 6.51. The molecule has 0 spiro atoms. The van der Waals surface area contributed by atoms with Crippen LogP contribution in [0.5, 0.6) is 11.6 Å². The summed E-state index contributed by atoms with van der Waals surface area (Å²) in [6, 6.07) is 11.6. The van der Waals surface area contributed by atoms with Crippen LogP contribution in [0.2, 0.25) is 0 Å². The number of carbonyl (C=O) groups excluding carboxylic acids is 1. The van der Waals surface area contributed by atoms with Gasteiger partial charge in [-0.1, -0.05) is 0 Å². The first kappa shape index (κ1) is 22.7. The van der Waals surface area contributed by atoms with Crippen molar-refractivity contribution in [2.75, 3.05) is 5.32 Å². The number of amides is 1. The molecule has 2 N–H and O–H groups in total. The first-order valence-electron chi connectivity index (χ1n) is 10.5. The van der Waals surface area contributed by atoms with E-state index in [4.69, 9.17) is 4.74 Å². The molecule has 10 nitrogen and oxygen atoms in total. The van der Waals surface area contributed by atoms with Crippen LogP contribution in [0.25, 0.3) is 11.3 Å². The predicted octanol–water partition coefficient (Wildman–Crippen LogP) is 3.20. The smallest absolute Gasteiger partial charge is 0.333 e. The van der Waals surface area contributed by atoms with Gasteiger partial charge in [-0.2, -0.15) is 9.61 Å². The van der Waals surface area contributed by atoms with Gasteiger partial charge in [0.1, 0.15) is 11.4 Å². The fourth-order valence-electron chi connectivity index (χ4n) is 3.51. The topological polar surface area (TPSA) is 123 Å². The molecule has 3 heterocycles. The summed E-state index contributed by atoms with van der Waals surface area (Å²) in [6.45, 7) is 1.76. The largest absolute Gasteiger partial charge is 0.436 e. The molecule has 0 saturated heterocycles. The Morgan fingerprint density at radius 1 is 1.06 bits per heavy atom. The number of carbonyl (C=O) groups is 1. The van der Waals surface area contributed by atoms with E-state index in [0.717, 1.165) is 24.4 Å². The first-order chi connectivity index (χ1) is 17.3. The van der Waals surface area contributed by atoms with Gasteiger partial charge in [0, 0.05) is 35.8 Å². The maximum atomic E-state index is 14.8. The molecule has 0 aliphatic rings. The number of ether oxygens (including phenoxy) is 1. The molecular weight excluding hydrogens is 474 g/mol. The van der Waals surface area contributed by atoms with Crippen LogP contribution in [0.15, 0.2) is 76.6 Å². The normalized spacial score (nSPS) is 11.0. The van der Waals surface area contributed by atoms with Gasteiger partial charge in [0.2, 0.25) is 5.88 Å². The van der Waals surface area contributed by atoms with Crippen LogP contribution >= 0.6 is 0 Å². The molecule has 0 radical (unpaired) electrons. The number of nitrogens with one attached hydrogen (secondary N) is 2. The molecule has 2 aromatic carbocycles. The molecule has 0 saturated carbocycles. The number of aryl methyl sites for hydroxylation is 1. The average Bonchev–Trinajstić information content (AvgIpc) is 3.30. The molecule has 3 aromatic heterocycles. The van der Waals surface area contributed by atoms with Crippen LogP contribution in [0.3, 0.4) is 0 Å². The Bertz CT molecular complexity index is 1740. The minimum absolute atomic E-state index is 0.0407. The van der Waals surface area contributed by atoms with Crippen molar-refractivity contribution in [3.8, 4) is 17.3 Å². The van der Waals surface area contributed by atoms with Crippen LogP contribution in [0.4, 0.5) is 14.5 Å². The molecular formula is C24H16F2N6O4. The van der Waals surface area contributed by atoms with E-state index in [-0.39, 0.29) is 23.0 Å². The minimum atomic E-state index is -0.931. The van der Waals surface area contributed by atoms with Crippen molar-refractivity contribution >= 4 is 17.2 Å². The van der Waals surface area contributed by atoms with Crippen molar-refractivity contribution in [3.05, 3.63) is 111 Å². The number of H-pyrrole nitrogens is 1. The SMILES string of the molecule is Cc1cc(Oc2ccc(NC(=O)c3c[nH]c(=O)n(-c4ccc(F)cc4)c3=O)cc2F)n2nccc2n1. The summed E-state index contributed by atoms with van der Waals surface area (Å²) in [7, 11) is 0. The summed E-state index contributed by atoms with van der Waals surface area (Å²) in [6.07, 6.45) is 2.49. The number of nitrogens with zero attached hydrogens (tertiary/aromatic N) is 4. The Labute approximate surface area is 200 Å². The van der Waals surface area contributed by atoms with Gasteiger partial charge in [0.15, 0.2) is 17.2 Å². The van der Waals surface area contributed by atoms with Gasteiger partial charge in [0.25, 0.3) is 11.5 Å². The molecule has 0 aliphatic carbocycles. The Balaban J connectivity index is 1.40. The van der Waals surface area contributed by atoms with Crippen LogP contribution in [0, 0.1) is 18.6 Å². The maximum Gasteiger partial charge on any atom is 0.333 e. The number of aromatic nitrogens is 5. The number of hydrogen-bond donors (Lipinski definition) is 2. The van der Waals surface area contributed by atoms with Gasteiger partial charge in [-0.3, -0.25) is 9.59 Å². The second kappa shape index (κ2) is 8.91. The van der Waals surface area contributed by atoms with Crippen molar-refractivity contribution in [3.63, 3.8) is 0 Å². The van der Waals surface area contributed by atoms with E-state index in [2.05, 4.69) is 20.4 Å². The summed E-state index contributed by atoms with van der Waals surface area (Å²) >= 11 is 0. The predicted molar refractivity (Wildman–Crippen MR) is 125 cm³/mol. The van der Waals surface area contributed by atoms with Gasteiger partial charge >= 0.3 is 5.69 Å². The van der Waals surface area contributed by atoms with E-state index in [9.17, 15) is 23.2 Å². The molecule has 0 fully saturated rings. The van der Waals surface area contributed by atoms with Crippen molar-refractivity contribution in [1.29, 1.82) is 0 Å². The molecule has 0 bridgehead atoms. The van der Waals surface area contributed by atoms with Gasteiger partial charge in [-0.05, 0) is 43.3 Å². The monoisotopic (exact) mass is 490 g/mol. The highest BCUT2D eigenvalue weighted by Crippen LogP contribution is 2.27. The quantitative estimate of drug-likeness (QED) is 0.390. The molecule has 5 rings (SSSR count). The van der Waals surface area contributed by atoms with E-state index in [1.807, 2.05) is 0 Å². The van der Waals surface area contributed by atoms with Crippen LogP contribution in [0.1, 0.15) is 16.1 Å². The fourth-order valence-corrected chi connectivity index (χ4v) is 3.51.